The Morgan fingerprint density at radius 2 is 1.95 bits per heavy atom. The molecule has 0 spiro atoms. The first-order chi connectivity index (χ1) is 9.54. The molecule has 0 radical (unpaired) electrons. The quantitative estimate of drug-likeness (QED) is 0.829. The first kappa shape index (κ1) is 13.6. The van der Waals surface area contributed by atoms with Crippen LogP contribution in [0.1, 0.15) is 48.5 Å². The minimum atomic E-state index is -0.180. The molecule has 2 unspecified atom stereocenters. The van der Waals surface area contributed by atoms with Crippen LogP contribution in [0.3, 0.4) is 0 Å². The standard InChI is InChI=1S/C16H21NO3/c1-10(18)11-2-5-16(20)12(6-11)9-17-13-3-4-14(17)8-15(19)7-13/h2,5-6,13-15,19-20H,3-4,7-9H2,1H3. The monoisotopic (exact) mass is 275 g/mol. The molecule has 108 valence electrons. The van der Waals surface area contributed by atoms with E-state index < -0.39 is 0 Å². The van der Waals surface area contributed by atoms with E-state index in [4.69, 9.17) is 0 Å². The predicted molar refractivity (Wildman–Crippen MR) is 75.7 cm³/mol. The van der Waals surface area contributed by atoms with Gasteiger partial charge in [0.1, 0.15) is 5.75 Å². The third-order valence-electron chi connectivity index (χ3n) is 4.70. The summed E-state index contributed by atoms with van der Waals surface area (Å²) < 4.78 is 0. The topological polar surface area (TPSA) is 60.8 Å². The molecule has 2 N–H and O–H groups in total. The van der Waals surface area contributed by atoms with Crippen LogP contribution in [0.5, 0.6) is 5.75 Å². The van der Waals surface area contributed by atoms with Gasteiger partial charge in [0.05, 0.1) is 6.10 Å². The third kappa shape index (κ3) is 2.45. The van der Waals surface area contributed by atoms with Crippen molar-refractivity contribution in [2.24, 2.45) is 0 Å². The number of aliphatic hydroxyl groups excluding tert-OH is 1. The Bertz CT molecular complexity index is 514. The Morgan fingerprint density at radius 1 is 1.30 bits per heavy atom. The molecule has 1 aromatic rings. The molecule has 0 aromatic heterocycles. The molecule has 2 aliphatic rings. The minimum absolute atomic E-state index is 0.0169. The van der Waals surface area contributed by atoms with Gasteiger partial charge in [0.25, 0.3) is 0 Å². The molecule has 20 heavy (non-hydrogen) atoms. The van der Waals surface area contributed by atoms with Gasteiger partial charge in [-0.1, -0.05) is 0 Å². The number of benzene rings is 1. The summed E-state index contributed by atoms with van der Waals surface area (Å²) in [5.74, 6) is 0.267. The van der Waals surface area contributed by atoms with Crippen LogP contribution in [-0.2, 0) is 6.54 Å². The predicted octanol–water partition coefficient (Wildman–Crippen LogP) is 2.08. The maximum Gasteiger partial charge on any atom is 0.159 e. The number of phenolic OH excluding ortho intramolecular Hbond substituents is 1. The van der Waals surface area contributed by atoms with E-state index in [1.165, 1.54) is 6.92 Å². The van der Waals surface area contributed by atoms with Crippen molar-refractivity contribution >= 4 is 5.78 Å². The maximum absolute atomic E-state index is 11.5. The van der Waals surface area contributed by atoms with Crippen molar-refractivity contribution in [2.45, 2.75) is 57.3 Å². The highest BCUT2D eigenvalue weighted by Gasteiger charge is 2.40. The van der Waals surface area contributed by atoms with Gasteiger partial charge < -0.3 is 10.2 Å². The highest BCUT2D eigenvalue weighted by molar-refractivity contribution is 5.94. The van der Waals surface area contributed by atoms with Crippen molar-refractivity contribution in [3.05, 3.63) is 29.3 Å². The van der Waals surface area contributed by atoms with E-state index in [0.717, 1.165) is 31.2 Å². The van der Waals surface area contributed by atoms with E-state index in [1.54, 1.807) is 18.2 Å². The lowest BCUT2D eigenvalue weighted by molar-refractivity contribution is 0.0307. The normalized spacial score (nSPS) is 29.6. The third-order valence-corrected chi connectivity index (χ3v) is 4.70. The molecule has 3 rings (SSSR count). The fourth-order valence-corrected chi connectivity index (χ4v) is 3.63. The van der Waals surface area contributed by atoms with Crippen molar-refractivity contribution in [3.63, 3.8) is 0 Å². The number of phenols is 1. The summed E-state index contributed by atoms with van der Waals surface area (Å²) in [5.41, 5.74) is 1.45. The van der Waals surface area contributed by atoms with Crippen LogP contribution >= 0.6 is 0 Å². The van der Waals surface area contributed by atoms with Crippen molar-refractivity contribution in [2.75, 3.05) is 0 Å². The molecule has 0 aliphatic carbocycles. The molecule has 2 aliphatic heterocycles. The number of Topliss-reactive ketones (excluding diaryl/α,β-unsaturated/α-hetero) is 1. The minimum Gasteiger partial charge on any atom is -0.508 e. The van der Waals surface area contributed by atoms with Crippen LogP contribution in [0, 0.1) is 0 Å². The summed E-state index contributed by atoms with van der Waals surface area (Å²) in [6, 6.07) is 5.87. The highest BCUT2D eigenvalue weighted by Crippen LogP contribution is 2.37. The van der Waals surface area contributed by atoms with Crippen molar-refractivity contribution < 1.29 is 15.0 Å². The van der Waals surface area contributed by atoms with Gasteiger partial charge in [0, 0.05) is 29.8 Å². The molecule has 0 saturated carbocycles. The number of ketones is 1. The molecule has 0 amide bonds. The second kappa shape index (κ2) is 5.19. The summed E-state index contributed by atoms with van der Waals surface area (Å²) in [4.78, 5) is 13.8. The van der Waals surface area contributed by atoms with E-state index in [9.17, 15) is 15.0 Å². The SMILES string of the molecule is CC(=O)c1ccc(O)c(CN2C3CCC2CC(O)C3)c1. The van der Waals surface area contributed by atoms with Gasteiger partial charge in [0.15, 0.2) is 5.78 Å². The Morgan fingerprint density at radius 3 is 2.55 bits per heavy atom. The zero-order valence-electron chi connectivity index (χ0n) is 11.7. The first-order valence-electron chi connectivity index (χ1n) is 7.31. The molecular weight excluding hydrogens is 254 g/mol. The van der Waals surface area contributed by atoms with E-state index in [0.29, 0.717) is 24.2 Å². The van der Waals surface area contributed by atoms with Crippen LogP contribution in [0.2, 0.25) is 0 Å². The number of aromatic hydroxyl groups is 1. The van der Waals surface area contributed by atoms with Gasteiger partial charge in [-0.05, 0) is 50.8 Å². The summed E-state index contributed by atoms with van der Waals surface area (Å²) in [6.45, 7) is 2.20. The van der Waals surface area contributed by atoms with Crippen LogP contribution in [-0.4, -0.2) is 39.1 Å². The zero-order chi connectivity index (χ0) is 14.3. The number of piperidine rings is 1. The molecular formula is C16H21NO3. The number of carbonyl (C=O) groups is 1. The second-order valence-electron chi connectivity index (χ2n) is 6.08. The number of hydrogen-bond donors (Lipinski definition) is 2. The Labute approximate surface area is 119 Å². The summed E-state index contributed by atoms with van der Waals surface area (Å²) in [5, 5.41) is 19.8. The Kier molecular flexibility index (Phi) is 3.52. The van der Waals surface area contributed by atoms with Crippen LogP contribution in [0.25, 0.3) is 0 Å². The average molecular weight is 275 g/mol. The van der Waals surface area contributed by atoms with Crippen molar-refractivity contribution in [1.82, 2.24) is 4.90 Å². The van der Waals surface area contributed by atoms with E-state index in [1.807, 2.05) is 0 Å². The van der Waals surface area contributed by atoms with Crippen LogP contribution in [0.4, 0.5) is 0 Å². The maximum atomic E-state index is 11.5. The Hall–Kier alpha value is -1.39. The van der Waals surface area contributed by atoms with Crippen molar-refractivity contribution in [3.8, 4) is 5.75 Å². The number of carbonyl (C=O) groups excluding carboxylic acids is 1. The highest BCUT2D eigenvalue weighted by atomic mass is 16.3. The number of rotatable bonds is 3. The summed E-state index contributed by atoms with van der Waals surface area (Å²) >= 11 is 0. The van der Waals surface area contributed by atoms with Crippen LogP contribution < -0.4 is 0 Å². The molecule has 4 nitrogen and oxygen atoms in total. The summed E-state index contributed by atoms with van der Waals surface area (Å²) in [7, 11) is 0. The number of aliphatic hydroxyl groups is 1. The fraction of sp³-hybridized carbons (Fsp3) is 0.562. The second-order valence-corrected chi connectivity index (χ2v) is 6.08. The number of hydrogen-bond acceptors (Lipinski definition) is 4. The van der Waals surface area contributed by atoms with Gasteiger partial charge in [-0.2, -0.15) is 0 Å². The molecule has 2 bridgehead atoms. The van der Waals surface area contributed by atoms with E-state index in [2.05, 4.69) is 4.90 Å². The average Bonchev–Trinajstić information content (AvgIpc) is 2.64. The van der Waals surface area contributed by atoms with Crippen LogP contribution in [0.15, 0.2) is 18.2 Å². The molecule has 2 atom stereocenters. The summed E-state index contributed by atoms with van der Waals surface area (Å²) in [6.07, 6.45) is 3.71. The largest absolute Gasteiger partial charge is 0.508 e. The lowest BCUT2D eigenvalue weighted by Crippen LogP contribution is -2.44. The van der Waals surface area contributed by atoms with Gasteiger partial charge in [-0.3, -0.25) is 9.69 Å². The van der Waals surface area contributed by atoms with Gasteiger partial charge in [0.2, 0.25) is 0 Å². The van der Waals surface area contributed by atoms with E-state index in [-0.39, 0.29) is 17.6 Å². The van der Waals surface area contributed by atoms with E-state index >= 15 is 0 Å². The molecule has 2 saturated heterocycles. The fourth-order valence-electron chi connectivity index (χ4n) is 3.63. The first-order valence-corrected chi connectivity index (χ1v) is 7.31. The molecule has 2 fully saturated rings. The van der Waals surface area contributed by atoms with Gasteiger partial charge in [-0.25, -0.2) is 0 Å². The molecule has 2 heterocycles. The Balaban J connectivity index is 1.81. The zero-order valence-corrected chi connectivity index (χ0v) is 11.7. The smallest absolute Gasteiger partial charge is 0.159 e. The lowest BCUT2D eigenvalue weighted by atomic mass is 9.98. The van der Waals surface area contributed by atoms with Crippen molar-refractivity contribution in [1.29, 1.82) is 0 Å². The molecule has 4 heteroatoms. The molecule has 1 aromatic carbocycles. The lowest BCUT2D eigenvalue weighted by Gasteiger charge is -2.37. The van der Waals surface area contributed by atoms with Gasteiger partial charge >= 0.3 is 0 Å². The van der Waals surface area contributed by atoms with Gasteiger partial charge in [-0.15, -0.1) is 0 Å². The number of fused-ring (bicyclic) bond motifs is 2. The number of nitrogens with zero attached hydrogens (tertiary/aromatic N) is 1.